The van der Waals surface area contributed by atoms with Gasteiger partial charge in [-0.1, -0.05) is 6.07 Å². The number of hydrogen-bond donors (Lipinski definition) is 1. The summed E-state index contributed by atoms with van der Waals surface area (Å²) in [6.45, 7) is 8.18. The lowest BCUT2D eigenvalue weighted by molar-refractivity contribution is -0.141. The van der Waals surface area contributed by atoms with Gasteiger partial charge in [-0.25, -0.2) is 4.98 Å². The van der Waals surface area contributed by atoms with E-state index in [0.29, 0.717) is 54.8 Å². The van der Waals surface area contributed by atoms with Crippen LogP contribution in [0.15, 0.2) is 36.5 Å². The van der Waals surface area contributed by atoms with E-state index in [2.05, 4.69) is 15.2 Å². The standard InChI is InChI=1S/C26H31F3N6O3/c1-18-17-37-13-10-35(18)25-32-22-15-20(38-14-9-34-7-11-36-12-8-34)4-5-21(22)24(33-25)31-16-19-3-2-6-30-23(19)26(27,28)29/h2-6,15,18H,7-14,16-17H2,1H3,(H,31,32,33). The maximum atomic E-state index is 13.5. The molecule has 2 fully saturated rings. The number of halogens is 3. The Hall–Kier alpha value is -3.22. The Morgan fingerprint density at radius 2 is 1.89 bits per heavy atom. The quantitative estimate of drug-likeness (QED) is 0.468. The monoisotopic (exact) mass is 532 g/mol. The minimum atomic E-state index is -4.55. The minimum absolute atomic E-state index is 0.0381. The number of ether oxygens (including phenoxy) is 3. The number of benzene rings is 1. The average Bonchev–Trinajstić information content (AvgIpc) is 2.92. The maximum absolute atomic E-state index is 13.5. The van der Waals surface area contributed by atoms with Crippen LogP contribution in [0.3, 0.4) is 0 Å². The fourth-order valence-electron chi connectivity index (χ4n) is 4.61. The zero-order chi connectivity index (χ0) is 26.5. The summed E-state index contributed by atoms with van der Waals surface area (Å²) in [7, 11) is 0. The van der Waals surface area contributed by atoms with E-state index in [1.54, 1.807) is 0 Å². The highest BCUT2D eigenvalue weighted by atomic mass is 19.4. The van der Waals surface area contributed by atoms with Gasteiger partial charge in [0.15, 0.2) is 0 Å². The zero-order valence-corrected chi connectivity index (χ0v) is 21.2. The Bertz CT molecular complexity index is 1240. The van der Waals surface area contributed by atoms with Crippen molar-refractivity contribution in [3.05, 3.63) is 47.8 Å². The number of fused-ring (bicyclic) bond motifs is 1. The third-order valence-corrected chi connectivity index (χ3v) is 6.67. The van der Waals surface area contributed by atoms with Gasteiger partial charge in [-0.3, -0.25) is 9.88 Å². The molecule has 1 unspecified atom stereocenters. The summed E-state index contributed by atoms with van der Waals surface area (Å²) < 4.78 is 57.4. The fourth-order valence-corrected chi connectivity index (χ4v) is 4.61. The molecule has 1 aromatic carbocycles. The SMILES string of the molecule is CC1COCCN1c1nc(NCc2cccnc2C(F)(F)F)c2ccc(OCCN3CCOCC3)cc2n1. The normalized spacial score (nSPS) is 19.1. The van der Waals surface area contributed by atoms with E-state index >= 15 is 0 Å². The molecule has 0 spiro atoms. The van der Waals surface area contributed by atoms with Gasteiger partial charge in [0.1, 0.15) is 23.9 Å². The Morgan fingerprint density at radius 3 is 2.68 bits per heavy atom. The van der Waals surface area contributed by atoms with Crippen molar-refractivity contribution in [3.63, 3.8) is 0 Å². The van der Waals surface area contributed by atoms with Crippen molar-refractivity contribution < 1.29 is 27.4 Å². The number of aromatic nitrogens is 3. The molecular weight excluding hydrogens is 501 g/mol. The number of pyridine rings is 1. The van der Waals surface area contributed by atoms with E-state index in [-0.39, 0.29) is 18.2 Å². The van der Waals surface area contributed by atoms with Crippen LogP contribution >= 0.6 is 0 Å². The number of anilines is 2. The number of morpholine rings is 2. The van der Waals surface area contributed by atoms with E-state index in [1.807, 2.05) is 30.0 Å². The molecule has 5 rings (SSSR count). The second-order valence-corrected chi connectivity index (χ2v) is 9.33. The molecule has 2 saturated heterocycles. The molecular formula is C26H31F3N6O3. The van der Waals surface area contributed by atoms with Crippen LogP contribution in [0.5, 0.6) is 5.75 Å². The molecule has 4 heterocycles. The Labute approximate surface area is 218 Å². The van der Waals surface area contributed by atoms with Gasteiger partial charge in [-0.2, -0.15) is 18.2 Å². The molecule has 204 valence electrons. The Kier molecular flexibility index (Phi) is 8.10. The number of nitrogens with one attached hydrogen (secondary N) is 1. The van der Waals surface area contributed by atoms with Crippen molar-refractivity contribution in [2.24, 2.45) is 0 Å². The van der Waals surface area contributed by atoms with E-state index in [1.165, 1.54) is 12.1 Å². The molecule has 1 atom stereocenters. The highest BCUT2D eigenvalue weighted by Crippen LogP contribution is 2.32. The van der Waals surface area contributed by atoms with Crippen molar-refractivity contribution >= 4 is 22.7 Å². The van der Waals surface area contributed by atoms with Crippen molar-refractivity contribution in [2.75, 3.05) is 69.4 Å². The largest absolute Gasteiger partial charge is 0.492 e. The fraction of sp³-hybridized carbons (Fsp3) is 0.500. The molecule has 2 aliphatic rings. The summed E-state index contributed by atoms with van der Waals surface area (Å²) in [4.78, 5) is 17.4. The van der Waals surface area contributed by atoms with Crippen LogP contribution in [-0.2, 0) is 22.2 Å². The summed E-state index contributed by atoms with van der Waals surface area (Å²) in [5.41, 5.74) is -0.234. The Balaban J connectivity index is 1.41. The minimum Gasteiger partial charge on any atom is -0.492 e. The topological polar surface area (TPSA) is 84.9 Å². The number of alkyl halides is 3. The Morgan fingerprint density at radius 1 is 1.08 bits per heavy atom. The van der Waals surface area contributed by atoms with Crippen LogP contribution in [0.1, 0.15) is 18.2 Å². The average molecular weight is 533 g/mol. The predicted molar refractivity (Wildman–Crippen MR) is 136 cm³/mol. The molecule has 0 radical (unpaired) electrons. The van der Waals surface area contributed by atoms with Crippen LogP contribution < -0.4 is 15.0 Å². The predicted octanol–water partition coefficient (Wildman–Crippen LogP) is 3.59. The number of nitrogens with zero attached hydrogens (tertiary/aromatic N) is 5. The number of hydrogen-bond acceptors (Lipinski definition) is 9. The van der Waals surface area contributed by atoms with Crippen LogP contribution in [0.2, 0.25) is 0 Å². The first-order valence-electron chi connectivity index (χ1n) is 12.7. The molecule has 2 aliphatic heterocycles. The molecule has 12 heteroatoms. The first kappa shape index (κ1) is 26.4. The van der Waals surface area contributed by atoms with Crippen molar-refractivity contribution in [2.45, 2.75) is 25.7 Å². The first-order valence-corrected chi connectivity index (χ1v) is 12.7. The second kappa shape index (κ2) is 11.7. The lowest BCUT2D eigenvalue weighted by atomic mass is 10.1. The highest BCUT2D eigenvalue weighted by molar-refractivity contribution is 5.91. The molecule has 38 heavy (non-hydrogen) atoms. The van der Waals surface area contributed by atoms with Gasteiger partial charge in [0.05, 0.1) is 38.0 Å². The lowest BCUT2D eigenvalue weighted by Gasteiger charge is -2.33. The van der Waals surface area contributed by atoms with Gasteiger partial charge in [0.2, 0.25) is 5.95 Å². The van der Waals surface area contributed by atoms with Gasteiger partial charge < -0.3 is 24.4 Å². The van der Waals surface area contributed by atoms with E-state index in [9.17, 15) is 13.2 Å². The van der Waals surface area contributed by atoms with Gasteiger partial charge in [-0.05, 0) is 25.1 Å². The second-order valence-electron chi connectivity index (χ2n) is 9.33. The third kappa shape index (κ3) is 6.25. The van der Waals surface area contributed by atoms with Gasteiger partial charge in [0.25, 0.3) is 0 Å². The van der Waals surface area contributed by atoms with E-state index < -0.39 is 11.9 Å². The molecule has 2 aromatic heterocycles. The zero-order valence-electron chi connectivity index (χ0n) is 21.2. The van der Waals surface area contributed by atoms with E-state index in [4.69, 9.17) is 24.2 Å². The molecule has 1 N–H and O–H groups in total. The van der Waals surface area contributed by atoms with Gasteiger partial charge >= 0.3 is 6.18 Å². The summed E-state index contributed by atoms with van der Waals surface area (Å²) in [5, 5.41) is 3.80. The summed E-state index contributed by atoms with van der Waals surface area (Å²) in [6.07, 6.45) is -3.40. The number of rotatable bonds is 8. The molecule has 0 aliphatic carbocycles. The van der Waals surface area contributed by atoms with Gasteiger partial charge in [-0.15, -0.1) is 0 Å². The van der Waals surface area contributed by atoms with Crippen LogP contribution in [-0.4, -0.2) is 85.1 Å². The van der Waals surface area contributed by atoms with Crippen molar-refractivity contribution in [1.82, 2.24) is 19.9 Å². The molecule has 3 aromatic rings. The molecule has 0 amide bonds. The van der Waals surface area contributed by atoms with E-state index in [0.717, 1.165) is 39.0 Å². The first-order chi connectivity index (χ1) is 18.4. The summed E-state index contributed by atoms with van der Waals surface area (Å²) in [6, 6.07) is 8.47. The van der Waals surface area contributed by atoms with Crippen molar-refractivity contribution in [3.8, 4) is 5.75 Å². The molecule has 0 bridgehead atoms. The summed E-state index contributed by atoms with van der Waals surface area (Å²) >= 11 is 0. The molecule has 9 nitrogen and oxygen atoms in total. The van der Waals surface area contributed by atoms with Crippen molar-refractivity contribution in [1.29, 1.82) is 0 Å². The van der Waals surface area contributed by atoms with Crippen LogP contribution in [0.4, 0.5) is 24.9 Å². The van der Waals surface area contributed by atoms with Crippen LogP contribution in [0.25, 0.3) is 10.9 Å². The lowest BCUT2D eigenvalue weighted by Crippen LogP contribution is -2.44. The highest BCUT2D eigenvalue weighted by Gasteiger charge is 2.35. The van der Waals surface area contributed by atoms with Crippen LogP contribution in [0, 0.1) is 0 Å². The maximum Gasteiger partial charge on any atom is 0.433 e. The third-order valence-electron chi connectivity index (χ3n) is 6.67. The van der Waals surface area contributed by atoms with Gasteiger partial charge in [0, 0.05) is 55.9 Å². The smallest absolute Gasteiger partial charge is 0.433 e. The molecule has 0 saturated carbocycles. The summed E-state index contributed by atoms with van der Waals surface area (Å²) in [5.74, 6) is 1.60.